The number of carboxylic acid groups (broad SMARTS) is 1. The van der Waals surface area contributed by atoms with Gasteiger partial charge < -0.3 is 14.7 Å². The molecule has 102 valence electrons. The molecule has 1 aliphatic rings. The third-order valence-electron chi connectivity index (χ3n) is 2.98. The van der Waals surface area contributed by atoms with Crippen LogP contribution in [0.1, 0.15) is 34.2 Å². The highest BCUT2D eigenvalue weighted by molar-refractivity contribution is 6.03. The van der Waals surface area contributed by atoms with Crippen LogP contribution in [0, 0.1) is 0 Å². The van der Waals surface area contributed by atoms with Gasteiger partial charge in [0.15, 0.2) is 0 Å². The van der Waals surface area contributed by atoms with Crippen LogP contribution in [0.2, 0.25) is 0 Å². The highest BCUT2D eigenvalue weighted by Crippen LogP contribution is 2.13. The first-order valence-corrected chi connectivity index (χ1v) is 6.19. The van der Waals surface area contributed by atoms with Crippen molar-refractivity contribution in [3.63, 3.8) is 0 Å². The maximum atomic E-state index is 12.4. The number of aromatic nitrogens is 1. The largest absolute Gasteiger partial charge is 0.478 e. The van der Waals surface area contributed by atoms with Gasteiger partial charge in [-0.05, 0) is 25.5 Å². The summed E-state index contributed by atoms with van der Waals surface area (Å²) in [5.74, 6) is -1.49. The van der Waals surface area contributed by atoms with Crippen molar-refractivity contribution in [1.29, 1.82) is 0 Å². The Kier molecular flexibility index (Phi) is 4.11. The molecular weight excluding hydrogens is 248 g/mol. The summed E-state index contributed by atoms with van der Waals surface area (Å²) < 4.78 is 5.47. The van der Waals surface area contributed by atoms with Gasteiger partial charge in [-0.3, -0.25) is 9.78 Å². The highest BCUT2D eigenvalue weighted by Gasteiger charge is 2.25. The number of amides is 1. The second-order valence-electron chi connectivity index (χ2n) is 4.49. The molecule has 1 aromatic heterocycles. The van der Waals surface area contributed by atoms with Crippen LogP contribution < -0.4 is 0 Å². The number of hydrogen-bond donors (Lipinski definition) is 1. The maximum Gasteiger partial charge on any atom is 0.338 e. The predicted molar refractivity (Wildman–Crippen MR) is 67.1 cm³/mol. The van der Waals surface area contributed by atoms with Gasteiger partial charge in [0.1, 0.15) is 5.69 Å². The van der Waals surface area contributed by atoms with Gasteiger partial charge in [-0.25, -0.2) is 4.79 Å². The molecule has 2 heterocycles. The van der Waals surface area contributed by atoms with Gasteiger partial charge in [0.05, 0.1) is 11.7 Å². The Balaban J connectivity index is 2.25. The molecule has 1 atom stereocenters. The van der Waals surface area contributed by atoms with Gasteiger partial charge in [-0.2, -0.15) is 0 Å². The summed E-state index contributed by atoms with van der Waals surface area (Å²) in [5.41, 5.74) is -0.0746. The number of carbonyl (C=O) groups is 2. The Morgan fingerprint density at radius 3 is 3.05 bits per heavy atom. The molecule has 0 spiro atoms. The number of carbonyl (C=O) groups excluding carboxylic acids is 1. The SMILES string of the molecule is CC1CN(C(=O)c2ncccc2C(=O)O)CCCO1. The van der Waals surface area contributed by atoms with E-state index in [-0.39, 0.29) is 23.3 Å². The Morgan fingerprint density at radius 2 is 2.32 bits per heavy atom. The van der Waals surface area contributed by atoms with Crippen molar-refractivity contribution in [2.45, 2.75) is 19.4 Å². The van der Waals surface area contributed by atoms with E-state index in [1.165, 1.54) is 18.3 Å². The number of nitrogens with zero attached hydrogens (tertiary/aromatic N) is 2. The lowest BCUT2D eigenvalue weighted by Crippen LogP contribution is -2.37. The zero-order valence-corrected chi connectivity index (χ0v) is 10.7. The number of aromatic carboxylic acids is 1. The minimum atomic E-state index is -1.14. The zero-order valence-electron chi connectivity index (χ0n) is 10.7. The minimum Gasteiger partial charge on any atom is -0.478 e. The van der Waals surface area contributed by atoms with E-state index >= 15 is 0 Å². The number of rotatable bonds is 2. The Labute approximate surface area is 111 Å². The van der Waals surface area contributed by atoms with Crippen LogP contribution in [0.4, 0.5) is 0 Å². The van der Waals surface area contributed by atoms with Crippen LogP contribution in [0.3, 0.4) is 0 Å². The topological polar surface area (TPSA) is 79.7 Å². The lowest BCUT2D eigenvalue weighted by molar-refractivity contribution is 0.0553. The van der Waals surface area contributed by atoms with Crippen molar-refractivity contribution in [3.8, 4) is 0 Å². The van der Waals surface area contributed by atoms with Gasteiger partial charge in [0.2, 0.25) is 0 Å². The van der Waals surface area contributed by atoms with Crippen molar-refractivity contribution in [2.75, 3.05) is 19.7 Å². The monoisotopic (exact) mass is 264 g/mol. The molecule has 6 heteroatoms. The number of hydrogen-bond acceptors (Lipinski definition) is 4. The van der Waals surface area contributed by atoms with E-state index in [0.29, 0.717) is 19.7 Å². The van der Waals surface area contributed by atoms with Crippen LogP contribution in [0.5, 0.6) is 0 Å². The molecular formula is C13H16N2O4. The summed E-state index contributed by atoms with van der Waals surface area (Å²) in [6.45, 7) is 3.51. The van der Waals surface area contributed by atoms with E-state index < -0.39 is 5.97 Å². The molecule has 0 saturated carbocycles. The number of carboxylic acids is 1. The molecule has 1 N–H and O–H groups in total. The van der Waals surface area contributed by atoms with Crippen LogP contribution >= 0.6 is 0 Å². The Bertz CT molecular complexity index is 489. The van der Waals surface area contributed by atoms with Crippen molar-refractivity contribution in [3.05, 3.63) is 29.6 Å². The average molecular weight is 264 g/mol. The summed E-state index contributed by atoms with van der Waals surface area (Å²) in [5, 5.41) is 9.09. The minimum absolute atomic E-state index is 0.0101. The zero-order chi connectivity index (χ0) is 13.8. The van der Waals surface area contributed by atoms with E-state index in [9.17, 15) is 9.59 Å². The molecule has 0 aliphatic carbocycles. The predicted octanol–water partition coefficient (Wildman–Crippen LogP) is 1.03. The van der Waals surface area contributed by atoms with E-state index in [2.05, 4.69) is 4.98 Å². The second-order valence-corrected chi connectivity index (χ2v) is 4.49. The molecule has 1 fully saturated rings. The van der Waals surface area contributed by atoms with Gasteiger partial charge in [0, 0.05) is 25.9 Å². The Morgan fingerprint density at radius 1 is 1.53 bits per heavy atom. The third kappa shape index (κ3) is 3.08. The van der Waals surface area contributed by atoms with Gasteiger partial charge in [0.25, 0.3) is 5.91 Å². The molecule has 1 aromatic rings. The molecule has 1 aliphatic heterocycles. The highest BCUT2D eigenvalue weighted by atomic mass is 16.5. The van der Waals surface area contributed by atoms with Crippen molar-refractivity contribution < 1.29 is 19.4 Å². The van der Waals surface area contributed by atoms with E-state index in [1.807, 2.05) is 6.92 Å². The summed E-state index contributed by atoms with van der Waals surface area (Å²) in [4.78, 5) is 29.0. The van der Waals surface area contributed by atoms with E-state index in [4.69, 9.17) is 9.84 Å². The fourth-order valence-corrected chi connectivity index (χ4v) is 2.08. The molecule has 0 radical (unpaired) electrons. The average Bonchev–Trinajstić information content (AvgIpc) is 2.62. The molecule has 0 aromatic carbocycles. The van der Waals surface area contributed by atoms with Gasteiger partial charge in [-0.1, -0.05) is 0 Å². The van der Waals surface area contributed by atoms with Crippen LogP contribution in [-0.4, -0.2) is 52.7 Å². The quantitative estimate of drug-likeness (QED) is 0.863. The van der Waals surface area contributed by atoms with Crippen molar-refractivity contribution in [1.82, 2.24) is 9.88 Å². The first kappa shape index (κ1) is 13.5. The number of pyridine rings is 1. The van der Waals surface area contributed by atoms with Crippen LogP contribution in [0.25, 0.3) is 0 Å². The first-order chi connectivity index (χ1) is 9.09. The van der Waals surface area contributed by atoms with Crippen LogP contribution in [-0.2, 0) is 4.74 Å². The fourth-order valence-electron chi connectivity index (χ4n) is 2.08. The van der Waals surface area contributed by atoms with E-state index in [1.54, 1.807) is 4.90 Å². The van der Waals surface area contributed by atoms with Crippen molar-refractivity contribution >= 4 is 11.9 Å². The van der Waals surface area contributed by atoms with Gasteiger partial charge >= 0.3 is 5.97 Å². The summed E-state index contributed by atoms with van der Waals surface area (Å²) in [6.07, 6.45) is 2.12. The summed E-state index contributed by atoms with van der Waals surface area (Å²) in [7, 11) is 0. The molecule has 1 amide bonds. The molecule has 6 nitrogen and oxygen atoms in total. The molecule has 0 bridgehead atoms. The fraction of sp³-hybridized carbons (Fsp3) is 0.462. The van der Waals surface area contributed by atoms with Crippen LogP contribution in [0.15, 0.2) is 18.3 Å². The second kappa shape index (κ2) is 5.79. The lowest BCUT2D eigenvalue weighted by atomic mass is 10.1. The smallest absolute Gasteiger partial charge is 0.338 e. The van der Waals surface area contributed by atoms with Crippen molar-refractivity contribution in [2.24, 2.45) is 0 Å². The standard InChI is InChI=1S/C13H16N2O4/c1-9-8-15(6-3-7-19-9)12(16)11-10(13(17)18)4-2-5-14-11/h2,4-5,9H,3,6-8H2,1H3,(H,17,18). The summed E-state index contributed by atoms with van der Waals surface area (Å²) >= 11 is 0. The lowest BCUT2D eigenvalue weighted by Gasteiger charge is -2.22. The molecule has 19 heavy (non-hydrogen) atoms. The maximum absolute atomic E-state index is 12.4. The normalized spacial score (nSPS) is 19.8. The number of ether oxygens (including phenoxy) is 1. The summed E-state index contributed by atoms with van der Waals surface area (Å²) in [6, 6.07) is 2.90. The third-order valence-corrected chi connectivity index (χ3v) is 2.98. The first-order valence-electron chi connectivity index (χ1n) is 6.19. The van der Waals surface area contributed by atoms with E-state index in [0.717, 1.165) is 6.42 Å². The Hall–Kier alpha value is -1.95. The molecule has 2 rings (SSSR count). The van der Waals surface area contributed by atoms with Gasteiger partial charge in [-0.15, -0.1) is 0 Å². The molecule has 1 unspecified atom stereocenters. The molecule has 1 saturated heterocycles.